The van der Waals surface area contributed by atoms with Gasteiger partial charge in [-0.1, -0.05) is 36.6 Å². The summed E-state index contributed by atoms with van der Waals surface area (Å²) in [7, 11) is 1.48. The third kappa shape index (κ3) is 4.44. The molecular weight excluding hydrogens is 442 g/mol. The first-order chi connectivity index (χ1) is 15.8. The van der Waals surface area contributed by atoms with Crippen LogP contribution in [0.4, 0.5) is 0 Å². The quantitative estimate of drug-likeness (QED) is 0.343. The van der Waals surface area contributed by atoms with E-state index in [1.165, 1.54) is 7.11 Å². The number of amides is 1. The van der Waals surface area contributed by atoms with E-state index >= 15 is 0 Å². The Morgan fingerprint density at radius 3 is 2.52 bits per heavy atom. The highest BCUT2D eigenvalue weighted by atomic mass is 35.5. The minimum Gasteiger partial charge on any atom is -0.507 e. The van der Waals surface area contributed by atoms with E-state index in [1.807, 2.05) is 38.1 Å². The van der Waals surface area contributed by atoms with Crippen LogP contribution in [0.3, 0.4) is 0 Å². The molecule has 0 radical (unpaired) electrons. The number of methoxy groups -OCH3 is 1. The predicted octanol–water partition coefficient (Wildman–Crippen LogP) is 5.50. The van der Waals surface area contributed by atoms with Crippen molar-refractivity contribution in [1.29, 1.82) is 0 Å². The van der Waals surface area contributed by atoms with E-state index in [0.29, 0.717) is 22.1 Å². The third-order valence-corrected chi connectivity index (χ3v) is 6.48. The highest BCUT2D eigenvalue weighted by Gasteiger charge is 2.49. The van der Waals surface area contributed by atoms with Crippen LogP contribution in [0.1, 0.15) is 56.7 Å². The number of hydrogen-bond donors (Lipinski definition) is 1. The number of rotatable bonds is 6. The zero-order chi connectivity index (χ0) is 23.7. The summed E-state index contributed by atoms with van der Waals surface area (Å²) in [5.41, 5.74) is 1.15. The first-order valence-electron chi connectivity index (χ1n) is 11.2. The summed E-state index contributed by atoms with van der Waals surface area (Å²) < 4.78 is 11.1. The van der Waals surface area contributed by atoms with Crippen LogP contribution in [-0.2, 0) is 9.59 Å². The lowest BCUT2D eigenvalue weighted by Gasteiger charge is -2.31. The average Bonchev–Trinajstić information content (AvgIpc) is 3.40. The van der Waals surface area contributed by atoms with E-state index in [2.05, 4.69) is 0 Å². The average molecular weight is 470 g/mol. The van der Waals surface area contributed by atoms with Gasteiger partial charge in [-0.25, -0.2) is 0 Å². The molecule has 1 heterocycles. The lowest BCUT2D eigenvalue weighted by atomic mass is 9.94. The molecule has 0 spiro atoms. The standard InChI is InChI=1S/C26H28ClNO5/c1-15(2)33-19-10-6-7-16(13-19)23-22(24(29)17-11-12-20(27)21(14-17)32-3)25(30)26(31)28(23)18-8-4-5-9-18/h6-7,10-15,18,23,29H,4-5,8-9H2,1-3H3/b24-22-. The van der Waals surface area contributed by atoms with Crippen molar-refractivity contribution in [3.05, 3.63) is 64.2 Å². The maximum atomic E-state index is 13.3. The van der Waals surface area contributed by atoms with Crippen molar-refractivity contribution < 1.29 is 24.2 Å². The minimum absolute atomic E-state index is 0.0250. The number of ether oxygens (including phenoxy) is 2. The van der Waals surface area contributed by atoms with Gasteiger partial charge >= 0.3 is 0 Å². The number of aliphatic hydroxyl groups is 1. The molecule has 6 nitrogen and oxygen atoms in total. The molecule has 0 bridgehead atoms. The number of benzene rings is 2. The zero-order valence-electron chi connectivity index (χ0n) is 19.0. The normalized spacial score (nSPS) is 20.6. The fourth-order valence-corrected chi connectivity index (χ4v) is 4.92. The first kappa shape index (κ1) is 23.2. The first-order valence-corrected chi connectivity index (χ1v) is 11.6. The number of hydrogen-bond acceptors (Lipinski definition) is 5. The second kappa shape index (κ2) is 9.48. The Morgan fingerprint density at radius 2 is 1.85 bits per heavy atom. The van der Waals surface area contributed by atoms with Gasteiger partial charge in [0.15, 0.2) is 0 Å². The highest BCUT2D eigenvalue weighted by Crippen LogP contribution is 2.44. The lowest BCUT2D eigenvalue weighted by molar-refractivity contribution is -0.141. The summed E-state index contributed by atoms with van der Waals surface area (Å²) in [5, 5.41) is 11.7. The van der Waals surface area contributed by atoms with Crippen LogP contribution >= 0.6 is 11.6 Å². The second-order valence-corrected chi connectivity index (χ2v) is 9.14. The van der Waals surface area contributed by atoms with Gasteiger partial charge in [0.2, 0.25) is 0 Å². The monoisotopic (exact) mass is 469 g/mol. The number of nitrogens with zero attached hydrogens (tertiary/aromatic N) is 1. The number of Topliss-reactive ketones (excluding diaryl/α,β-unsaturated/α-hetero) is 1. The minimum atomic E-state index is -0.703. The van der Waals surface area contributed by atoms with Crippen molar-refractivity contribution in [3.63, 3.8) is 0 Å². The molecule has 1 amide bonds. The Labute approximate surface area is 198 Å². The number of aliphatic hydroxyl groups excluding tert-OH is 1. The summed E-state index contributed by atoms with van der Waals surface area (Å²) >= 11 is 6.14. The Bertz CT molecular complexity index is 1100. The Morgan fingerprint density at radius 1 is 1.12 bits per heavy atom. The molecule has 1 unspecified atom stereocenters. The molecule has 174 valence electrons. The molecule has 1 atom stereocenters. The summed E-state index contributed by atoms with van der Waals surface area (Å²) in [6.07, 6.45) is 3.65. The molecule has 4 rings (SSSR count). The van der Waals surface area contributed by atoms with Crippen LogP contribution in [0.2, 0.25) is 5.02 Å². The Balaban J connectivity index is 1.88. The van der Waals surface area contributed by atoms with Crippen LogP contribution in [0.25, 0.3) is 5.76 Å². The van der Waals surface area contributed by atoms with Crippen molar-refractivity contribution in [2.45, 2.75) is 57.7 Å². The van der Waals surface area contributed by atoms with Gasteiger partial charge in [0, 0.05) is 11.6 Å². The van der Waals surface area contributed by atoms with Crippen LogP contribution in [0, 0.1) is 0 Å². The molecule has 1 aliphatic carbocycles. The summed E-state index contributed by atoms with van der Waals surface area (Å²) in [6.45, 7) is 3.87. The fraction of sp³-hybridized carbons (Fsp3) is 0.385. The highest BCUT2D eigenvalue weighted by molar-refractivity contribution is 6.46. The number of carbonyl (C=O) groups is 2. The van der Waals surface area contributed by atoms with Crippen molar-refractivity contribution in [3.8, 4) is 11.5 Å². The van der Waals surface area contributed by atoms with Crippen molar-refractivity contribution in [2.24, 2.45) is 0 Å². The molecule has 0 aromatic heterocycles. The molecule has 7 heteroatoms. The van der Waals surface area contributed by atoms with E-state index in [9.17, 15) is 14.7 Å². The van der Waals surface area contributed by atoms with Gasteiger partial charge in [0.25, 0.3) is 11.7 Å². The molecule has 1 N–H and O–H groups in total. The van der Waals surface area contributed by atoms with Gasteiger partial charge in [-0.05, 0) is 62.6 Å². The number of likely N-dealkylation sites (tertiary alicyclic amines) is 1. The largest absolute Gasteiger partial charge is 0.507 e. The molecule has 2 aromatic carbocycles. The van der Waals surface area contributed by atoms with E-state index in [4.69, 9.17) is 21.1 Å². The van der Waals surface area contributed by atoms with Gasteiger partial charge < -0.3 is 19.5 Å². The zero-order valence-corrected chi connectivity index (χ0v) is 19.8. The topological polar surface area (TPSA) is 76.1 Å². The molecule has 2 aromatic rings. The van der Waals surface area contributed by atoms with Crippen molar-refractivity contribution in [2.75, 3.05) is 7.11 Å². The second-order valence-electron chi connectivity index (χ2n) is 8.73. The Hall–Kier alpha value is -2.99. The molecular formula is C26H28ClNO5. The molecule has 1 aliphatic heterocycles. The fourth-order valence-electron chi connectivity index (χ4n) is 4.73. The Kier molecular flexibility index (Phi) is 6.66. The SMILES string of the molecule is COc1cc(/C(O)=C2/C(=O)C(=O)N(C3CCCC3)C2c2cccc(OC(C)C)c2)ccc1Cl. The maximum absolute atomic E-state index is 13.3. The van der Waals surface area contributed by atoms with Gasteiger partial charge in [0.1, 0.15) is 17.3 Å². The maximum Gasteiger partial charge on any atom is 0.295 e. The summed E-state index contributed by atoms with van der Waals surface area (Å²) in [6, 6.07) is 11.4. The number of ketones is 1. The summed E-state index contributed by atoms with van der Waals surface area (Å²) in [5.74, 6) is -0.496. The van der Waals surface area contributed by atoms with Crippen LogP contribution in [0.5, 0.6) is 11.5 Å². The van der Waals surface area contributed by atoms with Gasteiger partial charge in [-0.3, -0.25) is 9.59 Å². The van der Waals surface area contributed by atoms with Crippen molar-refractivity contribution in [1.82, 2.24) is 4.90 Å². The summed E-state index contributed by atoms with van der Waals surface area (Å²) in [4.78, 5) is 28.1. The smallest absolute Gasteiger partial charge is 0.295 e. The van der Waals surface area contributed by atoms with Gasteiger partial charge in [-0.2, -0.15) is 0 Å². The van der Waals surface area contributed by atoms with E-state index in [1.54, 1.807) is 23.1 Å². The van der Waals surface area contributed by atoms with E-state index in [-0.39, 0.29) is 23.5 Å². The molecule has 2 fully saturated rings. The molecule has 1 saturated heterocycles. The van der Waals surface area contributed by atoms with Crippen molar-refractivity contribution >= 4 is 29.1 Å². The van der Waals surface area contributed by atoms with Gasteiger partial charge in [-0.15, -0.1) is 0 Å². The van der Waals surface area contributed by atoms with Crippen LogP contribution in [0.15, 0.2) is 48.0 Å². The van der Waals surface area contributed by atoms with E-state index in [0.717, 1.165) is 31.2 Å². The van der Waals surface area contributed by atoms with Crippen LogP contribution < -0.4 is 9.47 Å². The van der Waals surface area contributed by atoms with Crippen LogP contribution in [-0.4, -0.2) is 41.0 Å². The van der Waals surface area contributed by atoms with E-state index < -0.39 is 17.7 Å². The molecule has 2 aliphatic rings. The lowest BCUT2D eigenvalue weighted by Crippen LogP contribution is -2.37. The number of halogens is 1. The number of carbonyl (C=O) groups excluding carboxylic acids is 2. The predicted molar refractivity (Wildman–Crippen MR) is 127 cm³/mol. The van der Waals surface area contributed by atoms with Gasteiger partial charge in [0.05, 0.1) is 29.9 Å². The molecule has 1 saturated carbocycles. The third-order valence-electron chi connectivity index (χ3n) is 6.17. The molecule has 33 heavy (non-hydrogen) atoms.